The molecule has 2 N–H and O–H groups in total. The summed E-state index contributed by atoms with van der Waals surface area (Å²) >= 11 is 0. The molecule has 4 unspecified atom stereocenters. The summed E-state index contributed by atoms with van der Waals surface area (Å²) in [6, 6.07) is 1.37. The summed E-state index contributed by atoms with van der Waals surface area (Å²) in [5.41, 5.74) is 0. The summed E-state index contributed by atoms with van der Waals surface area (Å²) in [5, 5.41) is 7.61. The molecule has 0 rings (SSSR count). The highest BCUT2D eigenvalue weighted by molar-refractivity contribution is 4.78. The number of nitrogens with zero attached hydrogens (tertiary/aromatic N) is 2. The van der Waals surface area contributed by atoms with Crippen LogP contribution >= 0.6 is 0 Å². The minimum Gasteiger partial charge on any atom is -0.316 e. The van der Waals surface area contributed by atoms with Gasteiger partial charge in [-0.25, -0.2) is 0 Å². The van der Waals surface area contributed by atoms with Crippen LogP contribution in [0.25, 0.3) is 0 Å². The first-order valence-electron chi connectivity index (χ1n) is 16.4. The Kier molecular flexibility index (Phi) is 25.0. The molecule has 0 aromatic rings. The third-order valence-electron chi connectivity index (χ3n) is 8.53. The largest absolute Gasteiger partial charge is 0.316 e. The average molecular weight is 511 g/mol. The standard InChI is InChI=1S/C32H70N4/c1-9-15-23-35(24-16-10-2)29(7)31(13-5)27-33-21-19-20-22-34-28-32(14-6)30(8)36(25-17-11-3)26-18-12-4/h29-34H,9-28H2,1-8H3. The highest BCUT2D eigenvalue weighted by Crippen LogP contribution is 2.17. The molecule has 0 aromatic heterocycles. The van der Waals surface area contributed by atoms with Crippen LogP contribution in [0.1, 0.15) is 132 Å². The Morgan fingerprint density at radius 3 is 1.03 bits per heavy atom. The quantitative estimate of drug-likeness (QED) is 0.111. The molecule has 0 radical (unpaired) electrons. The highest BCUT2D eigenvalue weighted by atomic mass is 15.2. The lowest BCUT2D eigenvalue weighted by molar-refractivity contribution is 0.144. The summed E-state index contributed by atoms with van der Waals surface area (Å²) in [5.74, 6) is 1.51. The van der Waals surface area contributed by atoms with Crippen molar-refractivity contribution in [1.29, 1.82) is 0 Å². The van der Waals surface area contributed by atoms with E-state index < -0.39 is 0 Å². The summed E-state index contributed by atoms with van der Waals surface area (Å²) < 4.78 is 0. The molecule has 0 aliphatic rings. The van der Waals surface area contributed by atoms with Gasteiger partial charge in [-0.2, -0.15) is 0 Å². The van der Waals surface area contributed by atoms with Crippen LogP contribution < -0.4 is 10.6 Å². The van der Waals surface area contributed by atoms with E-state index in [9.17, 15) is 0 Å². The van der Waals surface area contributed by atoms with Gasteiger partial charge in [-0.05, 0) is 117 Å². The number of unbranched alkanes of at least 4 members (excludes halogenated alkanes) is 5. The molecule has 0 amide bonds. The van der Waals surface area contributed by atoms with Crippen molar-refractivity contribution >= 4 is 0 Å². The Morgan fingerprint density at radius 2 is 0.778 bits per heavy atom. The second-order valence-electron chi connectivity index (χ2n) is 11.4. The molecule has 0 aromatic carbocycles. The zero-order valence-corrected chi connectivity index (χ0v) is 26.3. The van der Waals surface area contributed by atoms with Crippen LogP contribution in [0.3, 0.4) is 0 Å². The highest BCUT2D eigenvalue weighted by Gasteiger charge is 2.22. The van der Waals surface area contributed by atoms with Gasteiger partial charge >= 0.3 is 0 Å². The molecule has 218 valence electrons. The van der Waals surface area contributed by atoms with Crippen LogP contribution in [0.4, 0.5) is 0 Å². The molecule has 0 spiro atoms. The first-order valence-corrected chi connectivity index (χ1v) is 16.4. The Morgan fingerprint density at radius 1 is 0.472 bits per heavy atom. The lowest BCUT2D eigenvalue weighted by Gasteiger charge is -2.35. The van der Waals surface area contributed by atoms with Crippen LogP contribution in [0, 0.1) is 11.8 Å². The maximum absolute atomic E-state index is 3.81. The number of hydrogen-bond donors (Lipinski definition) is 2. The van der Waals surface area contributed by atoms with Crippen LogP contribution in [-0.4, -0.2) is 74.2 Å². The van der Waals surface area contributed by atoms with Crippen molar-refractivity contribution in [2.75, 3.05) is 52.4 Å². The minimum absolute atomic E-state index is 0.685. The number of hydrogen-bond acceptors (Lipinski definition) is 4. The molecule has 4 nitrogen and oxygen atoms in total. The summed E-state index contributed by atoms with van der Waals surface area (Å²) in [4.78, 5) is 5.53. The molecular formula is C32H70N4. The first-order chi connectivity index (χ1) is 17.5. The number of nitrogens with one attached hydrogen (secondary N) is 2. The van der Waals surface area contributed by atoms with Gasteiger partial charge < -0.3 is 20.4 Å². The van der Waals surface area contributed by atoms with Crippen molar-refractivity contribution in [3.8, 4) is 0 Å². The Labute approximate surface area is 229 Å². The van der Waals surface area contributed by atoms with Gasteiger partial charge in [-0.15, -0.1) is 0 Å². The Hall–Kier alpha value is -0.160. The molecule has 0 heterocycles. The summed E-state index contributed by atoms with van der Waals surface area (Å²) in [7, 11) is 0. The van der Waals surface area contributed by atoms with E-state index in [2.05, 4.69) is 75.8 Å². The molecule has 36 heavy (non-hydrogen) atoms. The average Bonchev–Trinajstić information content (AvgIpc) is 2.89. The van der Waals surface area contributed by atoms with Gasteiger partial charge in [0, 0.05) is 12.1 Å². The monoisotopic (exact) mass is 511 g/mol. The van der Waals surface area contributed by atoms with E-state index in [1.165, 1.54) is 116 Å². The SMILES string of the molecule is CCCCN(CCCC)C(C)C(CC)CNCCCCNCC(CC)C(C)N(CCCC)CCCC. The smallest absolute Gasteiger partial charge is 0.0107 e. The second kappa shape index (κ2) is 25.1. The van der Waals surface area contributed by atoms with Crippen LogP contribution in [0.5, 0.6) is 0 Å². The van der Waals surface area contributed by atoms with Gasteiger partial charge in [0.25, 0.3) is 0 Å². The van der Waals surface area contributed by atoms with E-state index in [-0.39, 0.29) is 0 Å². The fourth-order valence-electron chi connectivity index (χ4n) is 5.47. The summed E-state index contributed by atoms with van der Waals surface area (Å²) in [6.07, 6.45) is 15.6. The van der Waals surface area contributed by atoms with Crippen molar-refractivity contribution in [2.45, 2.75) is 145 Å². The van der Waals surface area contributed by atoms with Gasteiger partial charge in [0.15, 0.2) is 0 Å². The van der Waals surface area contributed by atoms with Gasteiger partial charge in [0.05, 0.1) is 0 Å². The van der Waals surface area contributed by atoms with Crippen molar-refractivity contribution in [1.82, 2.24) is 20.4 Å². The maximum Gasteiger partial charge on any atom is 0.0107 e. The second-order valence-corrected chi connectivity index (χ2v) is 11.4. The van der Waals surface area contributed by atoms with Gasteiger partial charge in [0.1, 0.15) is 0 Å². The maximum atomic E-state index is 3.81. The fraction of sp³-hybridized carbons (Fsp3) is 1.00. The van der Waals surface area contributed by atoms with E-state index in [4.69, 9.17) is 0 Å². The molecule has 0 bridgehead atoms. The third kappa shape index (κ3) is 16.6. The van der Waals surface area contributed by atoms with Crippen molar-refractivity contribution in [2.24, 2.45) is 11.8 Å². The molecule has 4 heteroatoms. The molecular weight excluding hydrogens is 440 g/mol. The fourth-order valence-corrected chi connectivity index (χ4v) is 5.47. The van der Waals surface area contributed by atoms with Crippen LogP contribution in [-0.2, 0) is 0 Å². The minimum atomic E-state index is 0.685. The third-order valence-corrected chi connectivity index (χ3v) is 8.53. The lowest BCUT2D eigenvalue weighted by atomic mass is 9.96. The van der Waals surface area contributed by atoms with E-state index in [1.54, 1.807) is 0 Å². The molecule has 0 aliphatic heterocycles. The molecule has 0 fully saturated rings. The van der Waals surface area contributed by atoms with Gasteiger partial charge in [0.2, 0.25) is 0 Å². The molecule has 0 saturated heterocycles. The van der Waals surface area contributed by atoms with E-state index in [0.29, 0.717) is 12.1 Å². The normalized spacial score (nSPS) is 15.5. The van der Waals surface area contributed by atoms with Crippen LogP contribution in [0.2, 0.25) is 0 Å². The predicted molar refractivity (Wildman–Crippen MR) is 164 cm³/mol. The van der Waals surface area contributed by atoms with Crippen molar-refractivity contribution < 1.29 is 0 Å². The van der Waals surface area contributed by atoms with Crippen molar-refractivity contribution in [3.05, 3.63) is 0 Å². The number of rotatable bonds is 27. The first kappa shape index (κ1) is 35.8. The molecule has 0 aliphatic carbocycles. The summed E-state index contributed by atoms with van der Waals surface area (Å²) in [6.45, 7) is 28.7. The van der Waals surface area contributed by atoms with E-state index in [1.807, 2.05) is 0 Å². The zero-order chi connectivity index (χ0) is 27.0. The lowest BCUT2D eigenvalue weighted by Crippen LogP contribution is -2.43. The van der Waals surface area contributed by atoms with Gasteiger partial charge in [-0.1, -0.05) is 80.1 Å². The topological polar surface area (TPSA) is 30.5 Å². The Balaban J connectivity index is 4.27. The van der Waals surface area contributed by atoms with Gasteiger partial charge in [-0.3, -0.25) is 0 Å². The zero-order valence-electron chi connectivity index (χ0n) is 26.3. The van der Waals surface area contributed by atoms with E-state index in [0.717, 1.165) is 24.9 Å². The molecule has 0 saturated carbocycles. The van der Waals surface area contributed by atoms with Crippen molar-refractivity contribution in [3.63, 3.8) is 0 Å². The van der Waals surface area contributed by atoms with E-state index >= 15 is 0 Å². The molecule has 4 atom stereocenters. The predicted octanol–water partition coefficient (Wildman–Crippen LogP) is 7.58. The van der Waals surface area contributed by atoms with Crippen LogP contribution in [0.15, 0.2) is 0 Å². The Bertz CT molecular complexity index is 388.